The van der Waals surface area contributed by atoms with Crippen molar-refractivity contribution >= 4 is 11.8 Å². The third-order valence-electron chi connectivity index (χ3n) is 4.59. The van der Waals surface area contributed by atoms with E-state index in [1.54, 1.807) is 11.7 Å². The van der Waals surface area contributed by atoms with Gasteiger partial charge in [-0.15, -0.1) is 0 Å². The monoisotopic (exact) mass is 328 g/mol. The minimum Gasteiger partial charge on any atom is -0.391 e. The average molecular weight is 328 g/mol. The largest absolute Gasteiger partial charge is 0.391 e. The number of hydrogen-bond donors (Lipinski definition) is 3. The minimum atomic E-state index is -0.460. The highest BCUT2D eigenvalue weighted by Gasteiger charge is 2.24. The number of nitrogens with one attached hydrogen (secondary N) is 2. The molecule has 6 heteroatoms. The Morgan fingerprint density at radius 2 is 2.04 bits per heavy atom. The molecular formula is C18H24N4O2. The quantitative estimate of drug-likeness (QED) is 0.810. The van der Waals surface area contributed by atoms with E-state index in [0.29, 0.717) is 5.82 Å². The molecule has 3 rings (SSSR count). The van der Waals surface area contributed by atoms with Crippen molar-refractivity contribution in [1.29, 1.82) is 0 Å². The zero-order valence-corrected chi connectivity index (χ0v) is 14.1. The Labute approximate surface area is 141 Å². The third kappa shape index (κ3) is 3.59. The van der Waals surface area contributed by atoms with Crippen LogP contribution in [-0.4, -0.2) is 33.1 Å². The first-order valence-corrected chi connectivity index (χ1v) is 8.40. The Morgan fingerprint density at radius 1 is 1.29 bits per heavy atom. The van der Waals surface area contributed by atoms with E-state index in [1.807, 2.05) is 37.3 Å². The van der Waals surface area contributed by atoms with Gasteiger partial charge in [0.15, 0.2) is 0 Å². The summed E-state index contributed by atoms with van der Waals surface area (Å²) >= 11 is 0. The molecule has 3 N–H and O–H groups in total. The van der Waals surface area contributed by atoms with Gasteiger partial charge in [0, 0.05) is 18.7 Å². The number of rotatable bonds is 3. The number of aromatic nitrogens is 2. The molecule has 1 aromatic carbocycles. The molecule has 1 aromatic heterocycles. The van der Waals surface area contributed by atoms with E-state index in [1.165, 1.54) is 0 Å². The number of aliphatic hydroxyl groups excluding tert-OH is 1. The molecule has 1 fully saturated rings. The molecule has 0 saturated heterocycles. The van der Waals surface area contributed by atoms with E-state index in [9.17, 15) is 9.90 Å². The standard InChI is InChI=1S/C18H24N4O2/c1-12-7-3-4-8-13(12)15-11-17(22(2)21-15)20-18(24)19-14-9-5-6-10-16(14)23/h3-4,7-8,11,14,16,23H,5-6,9-10H2,1-2H3,(H2,19,20,24)/t14-,16+/m0/s1. The summed E-state index contributed by atoms with van der Waals surface area (Å²) in [5.74, 6) is 0.621. The topological polar surface area (TPSA) is 79.2 Å². The molecular weight excluding hydrogens is 304 g/mol. The summed E-state index contributed by atoms with van der Waals surface area (Å²) in [6.45, 7) is 2.04. The number of anilines is 1. The number of aliphatic hydroxyl groups is 1. The molecule has 1 saturated carbocycles. The van der Waals surface area contributed by atoms with Crippen LogP contribution in [0.2, 0.25) is 0 Å². The molecule has 2 amide bonds. The summed E-state index contributed by atoms with van der Waals surface area (Å²) in [6.07, 6.45) is 3.15. The van der Waals surface area contributed by atoms with Gasteiger partial charge in [0.05, 0.1) is 17.8 Å². The maximum atomic E-state index is 12.2. The fourth-order valence-electron chi connectivity index (χ4n) is 3.18. The van der Waals surface area contributed by atoms with Gasteiger partial charge in [-0.25, -0.2) is 4.79 Å². The minimum absolute atomic E-state index is 0.178. The molecule has 0 radical (unpaired) electrons. The molecule has 24 heavy (non-hydrogen) atoms. The molecule has 2 aromatic rings. The van der Waals surface area contributed by atoms with Crippen molar-refractivity contribution < 1.29 is 9.90 Å². The highest BCUT2D eigenvalue weighted by atomic mass is 16.3. The predicted molar refractivity (Wildman–Crippen MR) is 93.8 cm³/mol. The van der Waals surface area contributed by atoms with Crippen LogP contribution in [0.4, 0.5) is 10.6 Å². The summed E-state index contributed by atoms with van der Waals surface area (Å²) in [4.78, 5) is 12.2. The van der Waals surface area contributed by atoms with Crippen molar-refractivity contribution in [1.82, 2.24) is 15.1 Å². The number of aryl methyl sites for hydroxylation is 2. The Morgan fingerprint density at radius 3 is 2.79 bits per heavy atom. The third-order valence-corrected chi connectivity index (χ3v) is 4.59. The Bertz CT molecular complexity index is 726. The lowest BCUT2D eigenvalue weighted by molar-refractivity contribution is 0.0955. The molecule has 128 valence electrons. The van der Waals surface area contributed by atoms with Crippen LogP contribution < -0.4 is 10.6 Å². The second-order valence-corrected chi connectivity index (χ2v) is 6.41. The average Bonchev–Trinajstić information content (AvgIpc) is 2.90. The zero-order valence-electron chi connectivity index (χ0n) is 14.1. The van der Waals surface area contributed by atoms with Crippen molar-refractivity contribution in [2.24, 2.45) is 7.05 Å². The summed E-state index contributed by atoms with van der Waals surface area (Å²) in [5.41, 5.74) is 3.00. The Balaban J connectivity index is 1.69. The summed E-state index contributed by atoms with van der Waals surface area (Å²) < 4.78 is 1.65. The number of amides is 2. The van der Waals surface area contributed by atoms with Crippen molar-refractivity contribution in [3.8, 4) is 11.3 Å². The second kappa shape index (κ2) is 7.05. The fourth-order valence-corrected chi connectivity index (χ4v) is 3.18. The number of hydrogen-bond acceptors (Lipinski definition) is 3. The van der Waals surface area contributed by atoms with E-state index < -0.39 is 6.10 Å². The van der Waals surface area contributed by atoms with Gasteiger partial charge in [-0.2, -0.15) is 5.10 Å². The molecule has 2 atom stereocenters. The number of urea groups is 1. The van der Waals surface area contributed by atoms with Gasteiger partial charge in [-0.1, -0.05) is 37.1 Å². The normalized spacial score (nSPS) is 20.6. The van der Waals surface area contributed by atoms with Gasteiger partial charge in [0.2, 0.25) is 0 Å². The molecule has 1 aliphatic rings. The smallest absolute Gasteiger partial charge is 0.320 e. The Hall–Kier alpha value is -2.34. The summed E-state index contributed by atoms with van der Waals surface area (Å²) in [7, 11) is 1.80. The van der Waals surface area contributed by atoms with Gasteiger partial charge in [0.25, 0.3) is 0 Å². The molecule has 0 aliphatic heterocycles. The lowest BCUT2D eigenvalue weighted by Crippen LogP contribution is -2.46. The fraction of sp³-hybridized carbons (Fsp3) is 0.444. The molecule has 0 unspecified atom stereocenters. The predicted octanol–water partition coefficient (Wildman–Crippen LogP) is 2.82. The zero-order chi connectivity index (χ0) is 17.1. The van der Waals surface area contributed by atoms with Crippen LogP contribution in [-0.2, 0) is 7.05 Å². The number of benzene rings is 1. The summed E-state index contributed by atoms with van der Waals surface area (Å²) in [5, 5.41) is 20.1. The van der Waals surface area contributed by atoms with Crippen molar-refractivity contribution in [2.75, 3.05) is 5.32 Å². The highest BCUT2D eigenvalue weighted by molar-refractivity contribution is 5.89. The number of carbonyl (C=O) groups excluding carboxylic acids is 1. The van der Waals surface area contributed by atoms with Crippen LogP contribution in [0.1, 0.15) is 31.2 Å². The van der Waals surface area contributed by atoms with Gasteiger partial charge in [-0.3, -0.25) is 10.00 Å². The molecule has 1 aliphatic carbocycles. The first kappa shape index (κ1) is 16.5. The first-order valence-electron chi connectivity index (χ1n) is 8.40. The van der Waals surface area contributed by atoms with Crippen LogP contribution in [0.15, 0.2) is 30.3 Å². The second-order valence-electron chi connectivity index (χ2n) is 6.41. The van der Waals surface area contributed by atoms with Gasteiger partial charge in [0.1, 0.15) is 5.82 Å². The molecule has 6 nitrogen and oxygen atoms in total. The summed E-state index contributed by atoms with van der Waals surface area (Å²) in [6, 6.07) is 9.39. The highest BCUT2D eigenvalue weighted by Crippen LogP contribution is 2.24. The van der Waals surface area contributed by atoms with Crippen molar-refractivity contribution in [3.05, 3.63) is 35.9 Å². The van der Waals surface area contributed by atoms with Gasteiger partial charge < -0.3 is 10.4 Å². The van der Waals surface area contributed by atoms with Gasteiger partial charge >= 0.3 is 6.03 Å². The molecule has 1 heterocycles. The van der Waals surface area contributed by atoms with Gasteiger partial charge in [-0.05, 0) is 25.3 Å². The van der Waals surface area contributed by atoms with Crippen LogP contribution in [0.5, 0.6) is 0 Å². The number of carbonyl (C=O) groups is 1. The Kier molecular flexibility index (Phi) is 4.85. The van der Waals surface area contributed by atoms with E-state index in [2.05, 4.69) is 15.7 Å². The van der Waals surface area contributed by atoms with Crippen LogP contribution >= 0.6 is 0 Å². The SMILES string of the molecule is Cc1ccccc1-c1cc(NC(=O)N[C@H]2CCCC[C@H]2O)n(C)n1. The van der Waals surface area contributed by atoms with E-state index in [0.717, 1.165) is 42.5 Å². The molecule has 0 spiro atoms. The van der Waals surface area contributed by atoms with Crippen LogP contribution in [0, 0.1) is 6.92 Å². The maximum Gasteiger partial charge on any atom is 0.320 e. The van der Waals surface area contributed by atoms with E-state index >= 15 is 0 Å². The lowest BCUT2D eigenvalue weighted by atomic mass is 9.93. The van der Waals surface area contributed by atoms with E-state index in [4.69, 9.17) is 0 Å². The maximum absolute atomic E-state index is 12.2. The van der Waals surface area contributed by atoms with Crippen molar-refractivity contribution in [2.45, 2.75) is 44.8 Å². The van der Waals surface area contributed by atoms with E-state index in [-0.39, 0.29) is 12.1 Å². The van der Waals surface area contributed by atoms with Crippen molar-refractivity contribution in [3.63, 3.8) is 0 Å². The lowest BCUT2D eigenvalue weighted by Gasteiger charge is -2.28. The number of nitrogens with zero attached hydrogens (tertiary/aromatic N) is 2. The first-order chi connectivity index (χ1) is 11.5. The molecule has 0 bridgehead atoms. The van der Waals surface area contributed by atoms with Crippen LogP contribution in [0.25, 0.3) is 11.3 Å². The van der Waals surface area contributed by atoms with Crippen LogP contribution in [0.3, 0.4) is 0 Å².